The van der Waals surface area contributed by atoms with Gasteiger partial charge in [0.2, 0.25) is 5.13 Å². The van der Waals surface area contributed by atoms with Gasteiger partial charge in [-0.3, -0.25) is 4.79 Å². The number of anilines is 1. The van der Waals surface area contributed by atoms with Crippen LogP contribution in [0.15, 0.2) is 42.5 Å². The Labute approximate surface area is 196 Å². The highest BCUT2D eigenvalue weighted by Crippen LogP contribution is 2.28. The van der Waals surface area contributed by atoms with Crippen LogP contribution in [-0.4, -0.2) is 60.1 Å². The zero-order chi connectivity index (χ0) is 22.7. The van der Waals surface area contributed by atoms with E-state index in [4.69, 9.17) is 26.1 Å². The first-order valence-corrected chi connectivity index (χ1v) is 11.5. The smallest absolute Gasteiger partial charge is 0.257 e. The highest BCUT2D eigenvalue weighted by molar-refractivity contribution is 7.09. The van der Waals surface area contributed by atoms with Crippen LogP contribution in [0.5, 0.6) is 11.5 Å². The van der Waals surface area contributed by atoms with E-state index in [0.29, 0.717) is 48.1 Å². The number of aromatic nitrogens is 2. The van der Waals surface area contributed by atoms with Gasteiger partial charge in [0.1, 0.15) is 17.3 Å². The maximum atomic E-state index is 13.2. The molecular formula is C23H25ClN4O3S. The molecule has 1 saturated heterocycles. The number of carbonyl (C=O) groups excluding carboxylic acids is 1. The SMILES string of the molecule is COc1ccc(C(=O)N2CCN(c3nc(Cc4ccc(Cl)cc4)ns3)CC2C)c(OC)c1. The van der Waals surface area contributed by atoms with Gasteiger partial charge in [0.25, 0.3) is 5.91 Å². The molecule has 9 heteroatoms. The van der Waals surface area contributed by atoms with E-state index < -0.39 is 0 Å². The van der Waals surface area contributed by atoms with E-state index in [1.165, 1.54) is 11.5 Å². The summed E-state index contributed by atoms with van der Waals surface area (Å²) >= 11 is 7.36. The number of halogens is 1. The average Bonchev–Trinajstić information content (AvgIpc) is 3.28. The van der Waals surface area contributed by atoms with Gasteiger partial charge < -0.3 is 19.3 Å². The first-order chi connectivity index (χ1) is 15.5. The van der Waals surface area contributed by atoms with Gasteiger partial charge in [-0.1, -0.05) is 23.7 Å². The molecule has 2 heterocycles. The Morgan fingerprint density at radius 2 is 1.94 bits per heavy atom. The Bertz CT molecular complexity index is 1090. The molecule has 2 aromatic carbocycles. The van der Waals surface area contributed by atoms with E-state index in [9.17, 15) is 4.79 Å². The van der Waals surface area contributed by atoms with Crippen LogP contribution in [0, 0.1) is 0 Å². The number of carbonyl (C=O) groups is 1. The van der Waals surface area contributed by atoms with Crippen molar-refractivity contribution in [3.63, 3.8) is 0 Å². The third-order valence-electron chi connectivity index (χ3n) is 5.53. The zero-order valence-corrected chi connectivity index (χ0v) is 19.8. The molecule has 0 aliphatic carbocycles. The molecule has 3 aromatic rings. The molecule has 0 N–H and O–H groups in total. The second-order valence-electron chi connectivity index (χ2n) is 7.66. The Kier molecular flexibility index (Phi) is 6.81. The lowest BCUT2D eigenvalue weighted by atomic mass is 10.1. The van der Waals surface area contributed by atoms with Crippen LogP contribution >= 0.6 is 23.1 Å². The topological polar surface area (TPSA) is 67.8 Å². The third kappa shape index (κ3) is 4.81. The first-order valence-electron chi connectivity index (χ1n) is 10.3. The molecule has 0 bridgehead atoms. The van der Waals surface area contributed by atoms with Gasteiger partial charge in [-0.2, -0.15) is 4.37 Å². The van der Waals surface area contributed by atoms with Crippen LogP contribution in [0.2, 0.25) is 5.02 Å². The summed E-state index contributed by atoms with van der Waals surface area (Å²) in [6.45, 7) is 4.04. The largest absolute Gasteiger partial charge is 0.497 e. The van der Waals surface area contributed by atoms with Gasteiger partial charge >= 0.3 is 0 Å². The van der Waals surface area contributed by atoms with Crippen molar-refractivity contribution >= 4 is 34.2 Å². The summed E-state index contributed by atoms with van der Waals surface area (Å²) in [7, 11) is 3.15. The van der Waals surface area contributed by atoms with Crippen molar-refractivity contribution < 1.29 is 14.3 Å². The van der Waals surface area contributed by atoms with Crippen LogP contribution in [0.25, 0.3) is 0 Å². The van der Waals surface area contributed by atoms with E-state index in [-0.39, 0.29) is 11.9 Å². The fraction of sp³-hybridized carbons (Fsp3) is 0.348. The van der Waals surface area contributed by atoms with Gasteiger partial charge in [0.15, 0.2) is 0 Å². The van der Waals surface area contributed by atoms with Crippen LogP contribution in [-0.2, 0) is 6.42 Å². The molecule has 1 unspecified atom stereocenters. The summed E-state index contributed by atoms with van der Waals surface area (Å²) in [5.74, 6) is 1.92. The Hall–Kier alpha value is -2.84. The van der Waals surface area contributed by atoms with Gasteiger partial charge in [-0.15, -0.1) is 0 Å². The molecule has 168 valence electrons. The molecule has 1 aliphatic heterocycles. The minimum Gasteiger partial charge on any atom is -0.497 e. The molecule has 1 fully saturated rings. The van der Waals surface area contributed by atoms with E-state index >= 15 is 0 Å². The van der Waals surface area contributed by atoms with Gasteiger partial charge in [-0.05, 0) is 36.8 Å². The lowest BCUT2D eigenvalue weighted by molar-refractivity contribution is 0.0670. The summed E-state index contributed by atoms with van der Waals surface area (Å²) in [5.41, 5.74) is 1.66. The summed E-state index contributed by atoms with van der Waals surface area (Å²) < 4.78 is 15.2. The highest BCUT2D eigenvalue weighted by atomic mass is 35.5. The quantitative estimate of drug-likeness (QED) is 0.537. The molecule has 4 rings (SSSR count). The van der Waals surface area contributed by atoms with Crippen molar-refractivity contribution in [1.82, 2.24) is 14.3 Å². The summed E-state index contributed by atoms with van der Waals surface area (Å²) in [6, 6.07) is 13.0. The zero-order valence-electron chi connectivity index (χ0n) is 18.2. The molecular weight excluding hydrogens is 448 g/mol. The molecule has 0 radical (unpaired) electrons. The number of methoxy groups -OCH3 is 2. The second kappa shape index (κ2) is 9.75. The van der Waals surface area contributed by atoms with Crippen LogP contribution in [0.3, 0.4) is 0 Å². The number of benzene rings is 2. The van der Waals surface area contributed by atoms with Crippen molar-refractivity contribution in [1.29, 1.82) is 0 Å². The summed E-state index contributed by atoms with van der Waals surface area (Å²) in [4.78, 5) is 22.0. The Balaban J connectivity index is 1.42. The van der Waals surface area contributed by atoms with Crippen molar-refractivity contribution in [2.75, 3.05) is 38.8 Å². The minimum absolute atomic E-state index is 0.0201. The maximum Gasteiger partial charge on any atom is 0.257 e. The van der Waals surface area contributed by atoms with Crippen molar-refractivity contribution in [2.24, 2.45) is 0 Å². The standard InChI is InChI=1S/C23H25ClN4O3S/c1-15-14-27(23-25-21(26-32-23)12-16-4-6-17(24)7-5-16)10-11-28(15)22(29)19-9-8-18(30-2)13-20(19)31-3/h4-9,13,15H,10-12,14H2,1-3H3. The maximum absolute atomic E-state index is 13.2. The van der Waals surface area contributed by atoms with Crippen LogP contribution in [0.4, 0.5) is 5.13 Å². The van der Waals surface area contributed by atoms with Gasteiger partial charge in [0, 0.05) is 54.7 Å². The normalized spacial score (nSPS) is 16.2. The van der Waals surface area contributed by atoms with Gasteiger partial charge in [-0.25, -0.2) is 4.98 Å². The first kappa shape index (κ1) is 22.4. The van der Waals surface area contributed by atoms with Gasteiger partial charge in [0.05, 0.1) is 19.8 Å². The molecule has 1 atom stereocenters. The Morgan fingerprint density at radius 1 is 1.16 bits per heavy atom. The number of amides is 1. The lowest BCUT2D eigenvalue weighted by Gasteiger charge is -2.39. The number of nitrogens with zero attached hydrogens (tertiary/aromatic N) is 4. The average molecular weight is 473 g/mol. The molecule has 1 amide bonds. The molecule has 1 aliphatic rings. The molecule has 1 aromatic heterocycles. The second-order valence-corrected chi connectivity index (χ2v) is 8.82. The predicted octanol–water partition coefficient (Wildman–Crippen LogP) is 4.15. The third-order valence-corrected chi connectivity index (χ3v) is 6.60. The fourth-order valence-corrected chi connectivity index (χ4v) is 4.64. The minimum atomic E-state index is -0.0441. The molecule has 0 spiro atoms. The number of rotatable bonds is 6. The summed E-state index contributed by atoms with van der Waals surface area (Å²) in [5, 5.41) is 1.60. The molecule has 32 heavy (non-hydrogen) atoms. The predicted molar refractivity (Wildman–Crippen MR) is 126 cm³/mol. The highest BCUT2D eigenvalue weighted by Gasteiger charge is 2.31. The number of piperazine rings is 1. The number of ether oxygens (including phenoxy) is 2. The van der Waals surface area contributed by atoms with Crippen molar-refractivity contribution in [3.05, 3.63) is 64.4 Å². The number of hydrogen-bond acceptors (Lipinski definition) is 7. The summed E-state index contributed by atoms with van der Waals surface area (Å²) in [6.07, 6.45) is 0.666. The van der Waals surface area contributed by atoms with Crippen LogP contribution < -0.4 is 14.4 Å². The van der Waals surface area contributed by atoms with E-state index in [0.717, 1.165) is 16.5 Å². The van der Waals surface area contributed by atoms with Crippen molar-refractivity contribution in [3.8, 4) is 11.5 Å². The van der Waals surface area contributed by atoms with E-state index in [1.54, 1.807) is 32.4 Å². The molecule has 0 saturated carbocycles. The fourth-order valence-electron chi connectivity index (χ4n) is 3.79. The van der Waals surface area contributed by atoms with E-state index in [2.05, 4.69) is 16.2 Å². The van der Waals surface area contributed by atoms with Crippen LogP contribution in [0.1, 0.15) is 28.7 Å². The van der Waals surface area contributed by atoms with E-state index in [1.807, 2.05) is 29.2 Å². The number of hydrogen-bond donors (Lipinski definition) is 0. The Morgan fingerprint density at radius 3 is 2.62 bits per heavy atom. The lowest BCUT2D eigenvalue weighted by Crippen LogP contribution is -2.54. The molecule has 7 nitrogen and oxygen atoms in total. The monoisotopic (exact) mass is 472 g/mol. The van der Waals surface area contributed by atoms with Crippen molar-refractivity contribution in [2.45, 2.75) is 19.4 Å².